The maximum absolute atomic E-state index is 11.1. The van der Waals surface area contributed by atoms with E-state index in [4.69, 9.17) is 0 Å². The molecule has 0 amide bonds. The highest BCUT2D eigenvalue weighted by atomic mass is 16.3. The van der Waals surface area contributed by atoms with Crippen LogP contribution in [-0.4, -0.2) is 10.2 Å². The summed E-state index contributed by atoms with van der Waals surface area (Å²) in [6, 6.07) is 8.51. The van der Waals surface area contributed by atoms with Crippen molar-refractivity contribution in [1.82, 2.24) is 0 Å². The fraction of sp³-hybridized carbons (Fsp3) is 0.667. The van der Waals surface area contributed by atoms with Gasteiger partial charge in [-0.15, -0.1) is 0 Å². The Morgan fingerprint density at radius 2 is 1.03 bits per heavy atom. The summed E-state index contributed by atoms with van der Waals surface area (Å²) in [6.45, 7) is 0. The third-order valence-corrected chi connectivity index (χ3v) is 11.3. The number of hydrogen-bond donors (Lipinski definition) is 2. The molecule has 2 heteroatoms. The zero-order chi connectivity index (χ0) is 21.2. The molecular weight excluding hydrogens is 392 g/mol. The van der Waals surface area contributed by atoms with Crippen LogP contribution in [0.15, 0.2) is 24.3 Å². The van der Waals surface area contributed by atoms with E-state index >= 15 is 0 Å². The van der Waals surface area contributed by atoms with Crippen LogP contribution in [0.25, 0.3) is 10.8 Å². The number of fused-ring (bicyclic) bond motifs is 1. The third-order valence-electron chi connectivity index (χ3n) is 11.3. The third kappa shape index (κ3) is 2.48. The molecule has 2 N–H and O–H groups in total. The minimum Gasteiger partial charge on any atom is -0.508 e. The van der Waals surface area contributed by atoms with E-state index in [1.165, 1.54) is 82.6 Å². The average molecular weight is 429 g/mol. The Morgan fingerprint density at radius 3 is 1.53 bits per heavy atom. The van der Waals surface area contributed by atoms with Gasteiger partial charge in [0.2, 0.25) is 0 Å². The Labute approximate surface area is 191 Å². The molecule has 0 atom stereocenters. The second-order valence-electron chi connectivity index (χ2n) is 13.5. The molecule has 0 aliphatic heterocycles. The van der Waals surface area contributed by atoms with E-state index in [-0.39, 0.29) is 11.2 Å². The monoisotopic (exact) mass is 428 g/mol. The zero-order valence-electron chi connectivity index (χ0n) is 19.2. The highest BCUT2D eigenvalue weighted by Crippen LogP contribution is 2.64. The summed E-state index contributed by atoms with van der Waals surface area (Å²) in [5.41, 5.74) is 3.61. The Bertz CT molecular complexity index is 1060. The summed E-state index contributed by atoms with van der Waals surface area (Å²) in [5, 5.41) is 23.6. The number of hydrogen-bond acceptors (Lipinski definition) is 2. The lowest BCUT2D eigenvalue weighted by atomic mass is 9.46. The molecule has 2 aromatic rings. The van der Waals surface area contributed by atoms with Gasteiger partial charge in [-0.05, 0) is 146 Å². The Balaban J connectivity index is 1.36. The molecule has 8 saturated carbocycles. The lowest BCUT2D eigenvalue weighted by molar-refractivity contribution is -0.00790. The van der Waals surface area contributed by atoms with Gasteiger partial charge in [0.25, 0.3) is 0 Å². The molecule has 2 aromatic carbocycles. The van der Waals surface area contributed by atoms with Crippen LogP contribution < -0.4 is 0 Å². The van der Waals surface area contributed by atoms with E-state index in [0.717, 1.165) is 46.3 Å². The summed E-state index contributed by atoms with van der Waals surface area (Å²) in [7, 11) is 0. The average Bonchev–Trinajstić information content (AvgIpc) is 2.70. The first-order valence-electron chi connectivity index (χ1n) is 13.5. The molecule has 8 bridgehead atoms. The van der Waals surface area contributed by atoms with Crippen LogP contribution in [0.4, 0.5) is 0 Å². The van der Waals surface area contributed by atoms with Crippen LogP contribution in [0.5, 0.6) is 11.5 Å². The van der Waals surface area contributed by atoms with Crippen molar-refractivity contribution in [2.75, 3.05) is 0 Å². The van der Waals surface area contributed by atoms with Crippen LogP contribution in [-0.2, 0) is 10.8 Å². The van der Waals surface area contributed by atoms with E-state index in [0.29, 0.717) is 11.2 Å². The number of aromatic hydroxyl groups is 2. The summed E-state index contributed by atoms with van der Waals surface area (Å²) >= 11 is 0. The summed E-state index contributed by atoms with van der Waals surface area (Å²) < 4.78 is 0. The van der Waals surface area contributed by atoms with Gasteiger partial charge in [0.1, 0.15) is 11.5 Å². The molecule has 32 heavy (non-hydrogen) atoms. The molecule has 10 rings (SSSR count). The van der Waals surface area contributed by atoms with E-state index < -0.39 is 0 Å². The van der Waals surface area contributed by atoms with Crippen LogP contribution in [0.1, 0.15) is 88.2 Å². The molecule has 0 saturated heterocycles. The molecule has 168 valence electrons. The SMILES string of the molecule is Oc1cc(O)c2c(C34CC5CC(CC(C5)C3)C4)cc(C34CC5CC(CC(C5)C3)C4)cc2c1. The van der Waals surface area contributed by atoms with Gasteiger partial charge in [0, 0.05) is 11.5 Å². The Morgan fingerprint density at radius 1 is 0.562 bits per heavy atom. The molecular formula is C30H36O2. The van der Waals surface area contributed by atoms with Gasteiger partial charge in [-0.25, -0.2) is 0 Å². The lowest BCUT2D eigenvalue weighted by Gasteiger charge is -2.58. The van der Waals surface area contributed by atoms with Gasteiger partial charge in [-0.1, -0.05) is 12.1 Å². The minimum absolute atomic E-state index is 0.203. The molecule has 8 aliphatic carbocycles. The summed E-state index contributed by atoms with van der Waals surface area (Å²) in [4.78, 5) is 0. The van der Waals surface area contributed by atoms with Crippen molar-refractivity contribution < 1.29 is 10.2 Å². The maximum atomic E-state index is 11.1. The molecule has 0 spiro atoms. The van der Waals surface area contributed by atoms with Gasteiger partial charge in [0.05, 0.1) is 0 Å². The van der Waals surface area contributed by atoms with Gasteiger partial charge >= 0.3 is 0 Å². The highest BCUT2D eigenvalue weighted by Gasteiger charge is 2.54. The molecule has 0 radical (unpaired) electrons. The smallest absolute Gasteiger partial charge is 0.127 e. The van der Waals surface area contributed by atoms with Crippen LogP contribution >= 0.6 is 0 Å². The Hall–Kier alpha value is -1.70. The predicted octanol–water partition coefficient (Wildman–Crippen LogP) is 7.19. The van der Waals surface area contributed by atoms with Gasteiger partial charge in [-0.2, -0.15) is 0 Å². The van der Waals surface area contributed by atoms with E-state index in [9.17, 15) is 10.2 Å². The molecule has 2 nitrogen and oxygen atoms in total. The summed E-state index contributed by atoms with van der Waals surface area (Å²) in [5.74, 6) is 5.95. The van der Waals surface area contributed by atoms with Gasteiger partial charge < -0.3 is 10.2 Å². The van der Waals surface area contributed by atoms with Crippen molar-refractivity contribution in [3.63, 3.8) is 0 Å². The molecule has 0 unspecified atom stereocenters. The molecule has 8 fully saturated rings. The van der Waals surface area contributed by atoms with Crippen LogP contribution in [0, 0.1) is 35.5 Å². The van der Waals surface area contributed by atoms with Crippen LogP contribution in [0.2, 0.25) is 0 Å². The van der Waals surface area contributed by atoms with Crippen molar-refractivity contribution in [3.05, 3.63) is 35.4 Å². The van der Waals surface area contributed by atoms with Crippen molar-refractivity contribution >= 4 is 10.8 Å². The van der Waals surface area contributed by atoms with Gasteiger partial charge in [0.15, 0.2) is 0 Å². The number of benzene rings is 2. The largest absolute Gasteiger partial charge is 0.508 e. The second kappa shape index (κ2) is 6.05. The highest BCUT2D eigenvalue weighted by molar-refractivity contribution is 5.94. The van der Waals surface area contributed by atoms with Crippen molar-refractivity contribution in [2.24, 2.45) is 35.5 Å². The summed E-state index contributed by atoms with van der Waals surface area (Å²) in [6.07, 6.45) is 16.8. The minimum atomic E-state index is 0.203. The quantitative estimate of drug-likeness (QED) is 0.531. The molecule has 0 aromatic heterocycles. The van der Waals surface area contributed by atoms with E-state index in [1.54, 1.807) is 11.6 Å². The number of phenolic OH excluding ortho intramolecular Hbond substituents is 2. The predicted molar refractivity (Wildman–Crippen MR) is 127 cm³/mol. The van der Waals surface area contributed by atoms with E-state index in [1.807, 2.05) is 6.07 Å². The second-order valence-corrected chi connectivity index (χ2v) is 13.5. The zero-order valence-corrected chi connectivity index (χ0v) is 19.2. The van der Waals surface area contributed by atoms with Crippen molar-refractivity contribution in [1.29, 1.82) is 0 Å². The first-order valence-corrected chi connectivity index (χ1v) is 13.5. The molecule has 8 aliphatic rings. The standard InChI is InChI=1S/C30H36O2/c31-25-8-23-7-24(29-11-17-1-18(12-29)3-19(2-17)13-29)9-26(28(23)27(32)10-25)30-14-20-4-21(15-30)6-22(5-20)16-30/h7-10,17-22,31-32H,1-6,11-16H2. The maximum Gasteiger partial charge on any atom is 0.127 e. The molecule has 0 heterocycles. The fourth-order valence-corrected chi connectivity index (χ4v) is 11.1. The number of phenols is 2. The lowest BCUT2D eigenvalue weighted by Crippen LogP contribution is -2.50. The Kier molecular flexibility index (Phi) is 3.53. The topological polar surface area (TPSA) is 40.5 Å². The van der Waals surface area contributed by atoms with Crippen molar-refractivity contribution in [3.8, 4) is 11.5 Å². The van der Waals surface area contributed by atoms with E-state index in [2.05, 4.69) is 12.1 Å². The van der Waals surface area contributed by atoms with Crippen molar-refractivity contribution in [2.45, 2.75) is 87.9 Å². The first-order chi connectivity index (χ1) is 15.5. The van der Waals surface area contributed by atoms with Gasteiger partial charge in [-0.3, -0.25) is 0 Å². The number of rotatable bonds is 2. The first kappa shape index (κ1) is 18.7. The fourth-order valence-electron chi connectivity index (χ4n) is 11.1. The van der Waals surface area contributed by atoms with Crippen LogP contribution in [0.3, 0.4) is 0 Å². The normalized spacial score (nSPS) is 45.8.